The van der Waals surface area contributed by atoms with E-state index in [1.54, 1.807) is 13.2 Å². The molecule has 0 N–H and O–H groups in total. The van der Waals surface area contributed by atoms with Gasteiger partial charge in [-0.1, -0.05) is 37.6 Å². The predicted molar refractivity (Wildman–Crippen MR) is 122 cm³/mol. The molecule has 0 aliphatic rings. The zero-order valence-corrected chi connectivity index (χ0v) is 18.9. The topological polar surface area (TPSA) is 34.5 Å². The molecule has 1 heterocycles. The van der Waals surface area contributed by atoms with Gasteiger partial charge in [-0.3, -0.25) is 4.79 Å². The number of halogens is 3. The van der Waals surface area contributed by atoms with Gasteiger partial charge in [-0.05, 0) is 53.9 Å². The van der Waals surface area contributed by atoms with Gasteiger partial charge in [-0.25, -0.2) is 0 Å². The van der Waals surface area contributed by atoms with E-state index in [0.29, 0.717) is 25.2 Å². The molecular weight excluding hydrogens is 429 g/mol. The number of nitrogens with zero attached hydrogens (tertiary/aromatic N) is 2. The van der Waals surface area contributed by atoms with E-state index >= 15 is 0 Å². The summed E-state index contributed by atoms with van der Waals surface area (Å²) in [7, 11) is 1.60. The van der Waals surface area contributed by atoms with E-state index in [9.17, 15) is 18.0 Å². The molecule has 3 rings (SSSR count). The quantitative estimate of drug-likeness (QED) is 0.377. The summed E-state index contributed by atoms with van der Waals surface area (Å²) in [6, 6.07) is 16.5. The Morgan fingerprint density at radius 1 is 1.03 bits per heavy atom. The molecule has 176 valence electrons. The molecular formula is C26H29F3N2O2. The van der Waals surface area contributed by atoms with Crippen LogP contribution in [-0.4, -0.2) is 29.0 Å². The predicted octanol–water partition coefficient (Wildman–Crippen LogP) is 5.94. The van der Waals surface area contributed by atoms with E-state index in [4.69, 9.17) is 4.74 Å². The Bertz CT molecular complexity index is 1040. The summed E-state index contributed by atoms with van der Waals surface area (Å²) in [5.74, 6) is 0.752. The minimum atomic E-state index is -4.37. The van der Waals surface area contributed by atoms with Crippen molar-refractivity contribution in [2.75, 3.05) is 13.7 Å². The molecule has 0 unspecified atom stereocenters. The van der Waals surface area contributed by atoms with Crippen molar-refractivity contribution in [2.45, 2.75) is 45.5 Å². The molecule has 33 heavy (non-hydrogen) atoms. The maximum atomic E-state index is 13.1. The number of carbonyl (C=O) groups excluding carboxylic acids is 1. The summed E-state index contributed by atoms with van der Waals surface area (Å²) in [6.07, 6.45) is -0.426. The van der Waals surface area contributed by atoms with Gasteiger partial charge in [0.25, 0.3) is 0 Å². The van der Waals surface area contributed by atoms with Crippen LogP contribution < -0.4 is 4.74 Å². The lowest BCUT2D eigenvalue weighted by Gasteiger charge is -2.24. The molecule has 0 aliphatic carbocycles. The molecule has 0 radical (unpaired) electrons. The van der Waals surface area contributed by atoms with Crippen molar-refractivity contribution in [3.05, 3.63) is 89.2 Å². The Hall–Kier alpha value is -3.22. The number of rotatable bonds is 10. The van der Waals surface area contributed by atoms with Gasteiger partial charge in [0, 0.05) is 25.0 Å². The average molecular weight is 459 g/mol. The second kappa shape index (κ2) is 11.1. The van der Waals surface area contributed by atoms with E-state index in [1.165, 1.54) is 12.1 Å². The Morgan fingerprint density at radius 2 is 1.79 bits per heavy atom. The standard InChI is InChI=1S/C26H29F3N2O2/c1-3-4-14-31(25(32)17-20-10-12-24(33-2)13-11-20)19-23-9-6-15-30(23)18-21-7-5-8-22(16-21)26(27,28)29/h5-13,15-16H,3-4,14,17-19H2,1-2H3. The smallest absolute Gasteiger partial charge is 0.416 e. The summed E-state index contributed by atoms with van der Waals surface area (Å²) >= 11 is 0. The average Bonchev–Trinajstić information content (AvgIpc) is 3.23. The molecule has 0 saturated heterocycles. The second-order valence-corrected chi connectivity index (χ2v) is 8.02. The van der Waals surface area contributed by atoms with Crippen LogP contribution in [0.2, 0.25) is 0 Å². The lowest BCUT2D eigenvalue weighted by Crippen LogP contribution is -2.33. The molecule has 0 fully saturated rings. The van der Waals surface area contributed by atoms with E-state index in [1.807, 2.05) is 52.1 Å². The van der Waals surface area contributed by atoms with Crippen molar-refractivity contribution in [3.8, 4) is 5.75 Å². The largest absolute Gasteiger partial charge is 0.497 e. The monoisotopic (exact) mass is 458 g/mol. The molecule has 0 atom stereocenters. The molecule has 0 spiro atoms. The molecule has 1 amide bonds. The number of hydrogen-bond donors (Lipinski definition) is 0. The summed E-state index contributed by atoms with van der Waals surface area (Å²) in [4.78, 5) is 14.9. The van der Waals surface area contributed by atoms with Crippen molar-refractivity contribution in [1.82, 2.24) is 9.47 Å². The van der Waals surface area contributed by atoms with Crippen molar-refractivity contribution in [1.29, 1.82) is 0 Å². The highest BCUT2D eigenvalue weighted by molar-refractivity contribution is 5.78. The van der Waals surface area contributed by atoms with Crippen LogP contribution in [0, 0.1) is 0 Å². The van der Waals surface area contributed by atoms with Crippen molar-refractivity contribution >= 4 is 5.91 Å². The minimum absolute atomic E-state index is 0.0143. The maximum Gasteiger partial charge on any atom is 0.416 e. The first-order valence-corrected chi connectivity index (χ1v) is 11.0. The number of alkyl halides is 3. The number of ether oxygens (including phenoxy) is 1. The Balaban J connectivity index is 1.73. The van der Waals surface area contributed by atoms with Crippen LogP contribution in [0.1, 0.15) is 42.1 Å². The van der Waals surface area contributed by atoms with Gasteiger partial charge in [-0.15, -0.1) is 0 Å². The fraction of sp³-hybridized carbons (Fsp3) is 0.346. The van der Waals surface area contributed by atoms with Gasteiger partial charge in [0.15, 0.2) is 0 Å². The molecule has 0 saturated carbocycles. The van der Waals surface area contributed by atoms with Gasteiger partial charge in [0.2, 0.25) is 5.91 Å². The Kier molecular flexibility index (Phi) is 8.20. The molecule has 4 nitrogen and oxygen atoms in total. The zero-order chi connectivity index (χ0) is 23.8. The fourth-order valence-corrected chi connectivity index (χ4v) is 3.66. The lowest BCUT2D eigenvalue weighted by atomic mass is 10.1. The molecule has 2 aromatic carbocycles. The van der Waals surface area contributed by atoms with Crippen molar-refractivity contribution in [2.24, 2.45) is 0 Å². The highest BCUT2D eigenvalue weighted by atomic mass is 19.4. The van der Waals surface area contributed by atoms with Gasteiger partial charge in [-0.2, -0.15) is 13.2 Å². The molecule has 1 aromatic heterocycles. The first kappa shape index (κ1) is 24.4. The normalized spacial score (nSPS) is 11.4. The van der Waals surface area contributed by atoms with Crippen LogP contribution >= 0.6 is 0 Å². The van der Waals surface area contributed by atoms with Crippen LogP contribution in [0.25, 0.3) is 0 Å². The van der Waals surface area contributed by atoms with Crippen molar-refractivity contribution in [3.63, 3.8) is 0 Å². The van der Waals surface area contributed by atoms with E-state index < -0.39 is 11.7 Å². The molecule has 3 aromatic rings. The first-order chi connectivity index (χ1) is 15.8. The van der Waals surface area contributed by atoms with E-state index in [-0.39, 0.29) is 12.3 Å². The van der Waals surface area contributed by atoms with Crippen LogP contribution in [0.5, 0.6) is 5.75 Å². The molecule has 0 aliphatic heterocycles. The molecule has 0 bridgehead atoms. The van der Waals surface area contributed by atoms with Gasteiger partial charge >= 0.3 is 6.18 Å². The number of unbranched alkanes of at least 4 members (excludes halogenated alkanes) is 1. The van der Waals surface area contributed by atoms with Crippen LogP contribution in [0.15, 0.2) is 66.9 Å². The highest BCUT2D eigenvalue weighted by Gasteiger charge is 2.30. The highest BCUT2D eigenvalue weighted by Crippen LogP contribution is 2.29. The fourth-order valence-electron chi connectivity index (χ4n) is 3.66. The SMILES string of the molecule is CCCCN(Cc1cccn1Cc1cccc(C(F)(F)F)c1)C(=O)Cc1ccc(OC)cc1. The van der Waals surface area contributed by atoms with Gasteiger partial charge in [0.1, 0.15) is 5.75 Å². The number of amides is 1. The Morgan fingerprint density at radius 3 is 2.45 bits per heavy atom. The number of methoxy groups -OCH3 is 1. The summed E-state index contributed by atoms with van der Waals surface area (Å²) < 4.78 is 46.3. The Labute approximate surface area is 192 Å². The summed E-state index contributed by atoms with van der Waals surface area (Å²) in [5, 5.41) is 0. The number of hydrogen-bond acceptors (Lipinski definition) is 2. The minimum Gasteiger partial charge on any atom is -0.497 e. The van der Waals surface area contributed by atoms with Crippen LogP contribution in [-0.2, 0) is 30.5 Å². The van der Waals surface area contributed by atoms with E-state index in [0.717, 1.165) is 35.9 Å². The van der Waals surface area contributed by atoms with Gasteiger partial charge in [0.05, 0.1) is 25.6 Å². The maximum absolute atomic E-state index is 13.1. The summed E-state index contributed by atoms with van der Waals surface area (Å²) in [5.41, 5.74) is 1.69. The number of aromatic nitrogens is 1. The first-order valence-electron chi connectivity index (χ1n) is 11.0. The number of benzene rings is 2. The third-order valence-electron chi connectivity index (χ3n) is 5.53. The molecule has 7 heteroatoms. The summed E-state index contributed by atoms with van der Waals surface area (Å²) in [6.45, 7) is 3.41. The third-order valence-corrected chi connectivity index (χ3v) is 5.53. The lowest BCUT2D eigenvalue weighted by molar-refractivity contribution is -0.137. The zero-order valence-electron chi connectivity index (χ0n) is 18.9. The van der Waals surface area contributed by atoms with Crippen LogP contribution in [0.4, 0.5) is 13.2 Å². The second-order valence-electron chi connectivity index (χ2n) is 8.02. The third kappa shape index (κ3) is 6.88. The van der Waals surface area contributed by atoms with E-state index in [2.05, 4.69) is 6.92 Å². The van der Waals surface area contributed by atoms with Gasteiger partial charge < -0.3 is 14.2 Å². The number of carbonyl (C=O) groups is 1. The van der Waals surface area contributed by atoms with Crippen LogP contribution in [0.3, 0.4) is 0 Å². The van der Waals surface area contributed by atoms with Crippen molar-refractivity contribution < 1.29 is 22.7 Å².